The minimum atomic E-state index is 0.451. The summed E-state index contributed by atoms with van der Waals surface area (Å²) in [4.78, 5) is 4.93. The number of rotatable bonds is 5. The van der Waals surface area contributed by atoms with Gasteiger partial charge in [-0.3, -0.25) is 14.5 Å². The number of nitrogens with zero attached hydrogens (tertiary/aromatic N) is 7. The molecular formula is C19H31N7O. The van der Waals surface area contributed by atoms with Crippen molar-refractivity contribution in [1.29, 1.82) is 0 Å². The summed E-state index contributed by atoms with van der Waals surface area (Å²) in [5.74, 6) is 2.64. The third kappa shape index (κ3) is 4.07. The SMILES string of the molecule is Cc1c(CN2CCCC(c3nnc(CN4CCOCC4)n3C)C2)cnn1C. The molecule has 0 aromatic carbocycles. The van der Waals surface area contributed by atoms with E-state index in [1.165, 1.54) is 24.1 Å². The van der Waals surface area contributed by atoms with Crippen LogP contribution in [-0.2, 0) is 31.9 Å². The topological polar surface area (TPSA) is 64.2 Å². The highest BCUT2D eigenvalue weighted by molar-refractivity contribution is 5.16. The highest BCUT2D eigenvalue weighted by Crippen LogP contribution is 2.27. The summed E-state index contributed by atoms with van der Waals surface area (Å²) in [6.45, 7) is 9.73. The van der Waals surface area contributed by atoms with Crippen molar-refractivity contribution in [3.05, 3.63) is 29.1 Å². The Morgan fingerprint density at radius 3 is 2.63 bits per heavy atom. The maximum Gasteiger partial charge on any atom is 0.146 e. The van der Waals surface area contributed by atoms with Crippen LogP contribution in [0.3, 0.4) is 0 Å². The molecule has 0 saturated carbocycles. The molecule has 2 aromatic heterocycles. The molecule has 4 heterocycles. The van der Waals surface area contributed by atoms with Crippen molar-refractivity contribution in [1.82, 2.24) is 34.3 Å². The number of piperidine rings is 1. The Hall–Kier alpha value is -1.77. The van der Waals surface area contributed by atoms with Gasteiger partial charge in [0.15, 0.2) is 0 Å². The van der Waals surface area contributed by atoms with E-state index in [-0.39, 0.29) is 0 Å². The molecule has 2 aliphatic rings. The van der Waals surface area contributed by atoms with Crippen LogP contribution >= 0.6 is 0 Å². The lowest BCUT2D eigenvalue weighted by Gasteiger charge is -2.32. The lowest BCUT2D eigenvalue weighted by molar-refractivity contribution is 0.0326. The molecule has 2 aliphatic heterocycles. The van der Waals surface area contributed by atoms with Crippen LogP contribution in [0.15, 0.2) is 6.20 Å². The molecule has 2 saturated heterocycles. The second-order valence-electron chi connectivity index (χ2n) is 7.88. The largest absolute Gasteiger partial charge is 0.379 e. The van der Waals surface area contributed by atoms with Crippen LogP contribution in [0.5, 0.6) is 0 Å². The van der Waals surface area contributed by atoms with Gasteiger partial charge in [-0.1, -0.05) is 0 Å². The Morgan fingerprint density at radius 2 is 1.89 bits per heavy atom. The van der Waals surface area contributed by atoms with E-state index in [9.17, 15) is 0 Å². The second-order valence-corrected chi connectivity index (χ2v) is 7.88. The van der Waals surface area contributed by atoms with E-state index in [4.69, 9.17) is 4.74 Å². The van der Waals surface area contributed by atoms with E-state index < -0.39 is 0 Å². The van der Waals surface area contributed by atoms with Gasteiger partial charge in [-0.2, -0.15) is 5.10 Å². The molecule has 0 amide bonds. The van der Waals surface area contributed by atoms with E-state index >= 15 is 0 Å². The van der Waals surface area contributed by atoms with Gasteiger partial charge >= 0.3 is 0 Å². The predicted molar refractivity (Wildman–Crippen MR) is 102 cm³/mol. The van der Waals surface area contributed by atoms with Crippen molar-refractivity contribution in [3.63, 3.8) is 0 Å². The lowest BCUT2D eigenvalue weighted by Crippen LogP contribution is -2.36. The van der Waals surface area contributed by atoms with Crippen LogP contribution in [0.4, 0.5) is 0 Å². The first kappa shape index (κ1) is 18.6. The molecule has 0 spiro atoms. The Balaban J connectivity index is 1.41. The number of hydrogen-bond donors (Lipinski definition) is 0. The van der Waals surface area contributed by atoms with Crippen molar-refractivity contribution >= 4 is 0 Å². The standard InChI is InChI=1S/C19H31N7O/c1-15-17(11-20-24(15)3)13-26-6-4-5-16(12-26)19-22-21-18(23(19)2)14-25-7-9-27-10-8-25/h11,16H,4-10,12-14H2,1-3H3. The highest BCUT2D eigenvalue weighted by Gasteiger charge is 2.27. The van der Waals surface area contributed by atoms with Gasteiger partial charge in [0.2, 0.25) is 0 Å². The van der Waals surface area contributed by atoms with Crippen LogP contribution in [0.25, 0.3) is 0 Å². The van der Waals surface area contributed by atoms with Gasteiger partial charge in [-0.25, -0.2) is 0 Å². The summed E-state index contributed by atoms with van der Waals surface area (Å²) in [6, 6.07) is 0. The number of aromatic nitrogens is 5. The maximum atomic E-state index is 5.44. The number of ether oxygens (including phenoxy) is 1. The van der Waals surface area contributed by atoms with Gasteiger partial charge in [0, 0.05) is 57.4 Å². The fourth-order valence-electron chi connectivity index (χ4n) is 4.18. The van der Waals surface area contributed by atoms with Crippen LogP contribution in [0.1, 0.15) is 41.7 Å². The summed E-state index contributed by atoms with van der Waals surface area (Å²) < 4.78 is 9.62. The Bertz CT molecular complexity index is 762. The zero-order valence-electron chi connectivity index (χ0n) is 16.8. The van der Waals surface area contributed by atoms with Crippen LogP contribution in [0.2, 0.25) is 0 Å². The molecule has 148 valence electrons. The average Bonchev–Trinajstić information content (AvgIpc) is 3.20. The zero-order chi connectivity index (χ0) is 18.8. The molecule has 0 N–H and O–H groups in total. The molecule has 1 unspecified atom stereocenters. The fraction of sp³-hybridized carbons (Fsp3) is 0.737. The molecule has 8 nitrogen and oxygen atoms in total. The molecule has 0 radical (unpaired) electrons. The molecule has 0 bridgehead atoms. The molecular weight excluding hydrogens is 342 g/mol. The van der Waals surface area contributed by atoms with Crippen LogP contribution < -0.4 is 0 Å². The minimum absolute atomic E-state index is 0.451. The van der Waals surface area contributed by atoms with Crippen LogP contribution in [-0.4, -0.2) is 73.7 Å². The first-order valence-corrected chi connectivity index (χ1v) is 10.00. The van der Waals surface area contributed by atoms with Crippen LogP contribution in [0, 0.1) is 6.92 Å². The molecule has 2 fully saturated rings. The molecule has 27 heavy (non-hydrogen) atoms. The number of morpholine rings is 1. The summed E-state index contributed by atoms with van der Waals surface area (Å²) >= 11 is 0. The molecule has 8 heteroatoms. The van der Waals surface area contributed by atoms with Crippen molar-refractivity contribution in [3.8, 4) is 0 Å². The third-order valence-electron chi connectivity index (χ3n) is 6.07. The van der Waals surface area contributed by atoms with Crippen molar-refractivity contribution < 1.29 is 4.74 Å². The summed E-state index contributed by atoms with van der Waals surface area (Å²) in [7, 11) is 4.13. The van der Waals surface area contributed by atoms with Crippen molar-refractivity contribution in [2.24, 2.45) is 14.1 Å². The maximum absolute atomic E-state index is 5.44. The van der Waals surface area contributed by atoms with Gasteiger partial charge in [0.25, 0.3) is 0 Å². The van der Waals surface area contributed by atoms with Gasteiger partial charge in [0.1, 0.15) is 11.6 Å². The Labute approximate surface area is 161 Å². The lowest BCUT2D eigenvalue weighted by atomic mass is 9.96. The fourth-order valence-corrected chi connectivity index (χ4v) is 4.18. The summed E-state index contributed by atoms with van der Waals surface area (Å²) in [5, 5.41) is 13.5. The third-order valence-corrected chi connectivity index (χ3v) is 6.07. The normalized spacial score (nSPS) is 22.4. The smallest absolute Gasteiger partial charge is 0.146 e. The highest BCUT2D eigenvalue weighted by atomic mass is 16.5. The van der Waals surface area contributed by atoms with E-state index in [1.807, 2.05) is 17.9 Å². The van der Waals surface area contributed by atoms with E-state index in [0.717, 1.165) is 64.1 Å². The van der Waals surface area contributed by atoms with E-state index in [2.05, 4.69) is 43.6 Å². The molecule has 0 aliphatic carbocycles. The number of hydrogen-bond acceptors (Lipinski definition) is 6. The first-order valence-electron chi connectivity index (χ1n) is 10.00. The second kappa shape index (κ2) is 8.08. The molecule has 4 rings (SSSR count). The van der Waals surface area contributed by atoms with Crippen molar-refractivity contribution in [2.75, 3.05) is 39.4 Å². The van der Waals surface area contributed by atoms with Gasteiger partial charge in [-0.05, 0) is 26.3 Å². The Morgan fingerprint density at radius 1 is 1.07 bits per heavy atom. The molecule has 1 atom stereocenters. The minimum Gasteiger partial charge on any atom is -0.379 e. The summed E-state index contributed by atoms with van der Waals surface area (Å²) in [5.41, 5.74) is 2.58. The zero-order valence-corrected chi connectivity index (χ0v) is 16.8. The van der Waals surface area contributed by atoms with E-state index in [0.29, 0.717) is 5.92 Å². The monoisotopic (exact) mass is 373 g/mol. The Kier molecular flexibility index (Phi) is 5.56. The van der Waals surface area contributed by atoms with Gasteiger partial charge < -0.3 is 9.30 Å². The average molecular weight is 374 g/mol. The first-order chi connectivity index (χ1) is 13.1. The number of aryl methyl sites for hydroxylation is 1. The van der Waals surface area contributed by atoms with Crippen molar-refractivity contribution in [2.45, 2.75) is 38.8 Å². The molecule has 2 aromatic rings. The predicted octanol–water partition coefficient (Wildman–Crippen LogP) is 1.07. The number of likely N-dealkylation sites (tertiary alicyclic amines) is 1. The van der Waals surface area contributed by atoms with Gasteiger partial charge in [-0.15, -0.1) is 10.2 Å². The van der Waals surface area contributed by atoms with Gasteiger partial charge in [0.05, 0.1) is 26.0 Å². The summed E-state index contributed by atoms with van der Waals surface area (Å²) in [6.07, 6.45) is 4.39. The van der Waals surface area contributed by atoms with E-state index in [1.54, 1.807) is 0 Å². The quantitative estimate of drug-likeness (QED) is 0.781.